The minimum Gasteiger partial charge on any atom is -0.394 e. The van der Waals surface area contributed by atoms with Crippen molar-refractivity contribution >= 4 is 34.8 Å². The van der Waals surface area contributed by atoms with Gasteiger partial charge >= 0.3 is 0 Å². The zero-order valence-corrected chi connectivity index (χ0v) is 12.9. The van der Waals surface area contributed by atoms with Gasteiger partial charge in [-0.25, -0.2) is 0 Å². The van der Waals surface area contributed by atoms with E-state index >= 15 is 0 Å². The molecular formula is C14H15Cl2N3O2. The molecule has 0 aliphatic carbocycles. The van der Waals surface area contributed by atoms with Gasteiger partial charge in [0, 0.05) is 17.3 Å². The van der Waals surface area contributed by atoms with Gasteiger partial charge in [0.25, 0.3) is 5.91 Å². The maximum absolute atomic E-state index is 12.0. The number of nitrogens with one attached hydrogen (secondary N) is 2. The summed E-state index contributed by atoms with van der Waals surface area (Å²) in [5.74, 6) is -0.595. The molecule has 3 N–H and O–H groups in total. The first-order chi connectivity index (χ1) is 10.0. The van der Waals surface area contributed by atoms with Gasteiger partial charge in [-0.05, 0) is 24.6 Å². The number of hydrogen-bond donors (Lipinski definition) is 3. The number of amides is 1. The minimum absolute atomic E-state index is 0.0870. The average molecular weight is 328 g/mol. The molecule has 0 fully saturated rings. The van der Waals surface area contributed by atoms with Gasteiger partial charge in [0.1, 0.15) is 11.6 Å². The lowest BCUT2D eigenvalue weighted by atomic mass is 10.2. The van der Waals surface area contributed by atoms with Crippen molar-refractivity contribution in [1.29, 1.82) is 5.26 Å². The molecule has 7 heteroatoms. The molecule has 112 valence electrons. The van der Waals surface area contributed by atoms with Crippen LogP contribution in [0.25, 0.3) is 0 Å². The summed E-state index contributed by atoms with van der Waals surface area (Å²) in [5, 5.41) is 24.1. The van der Waals surface area contributed by atoms with Gasteiger partial charge in [0.2, 0.25) is 0 Å². The normalized spacial score (nSPS) is 12.4. The van der Waals surface area contributed by atoms with Crippen LogP contribution in [0.4, 0.5) is 5.69 Å². The Morgan fingerprint density at radius 2 is 2.24 bits per heavy atom. The third-order valence-electron chi connectivity index (χ3n) is 2.72. The number of carbonyl (C=O) groups is 1. The van der Waals surface area contributed by atoms with E-state index in [0.29, 0.717) is 17.1 Å². The first-order valence-electron chi connectivity index (χ1n) is 6.25. The molecular weight excluding hydrogens is 313 g/mol. The fraction of sp³-hybridized carbons (Fsp3) is 0.286. The number of benzene rings is 1. The van der Waals surface area contributed by atoms with Crippen molar-refractivity contribution < 1.29 is 9.90 Å². The molecule has 0 radical (unpaired) electrons. The summed E-state index contributed by atoms with van der Waals surface area (Å²) in [6, 6.07) is 6.20. The molecule has 0 heterocycles. The van der Waals surface area contributed by atoms with Crippen molar-refractivity contribution in [1.82, 2.24) is 5.32 Å². The Morgan fingerprint density at radius 1 is 1.52 bits per heavy atom. The second-order valence-corrected chi connectivity index (χ2v) is 5.05. The van der Waals surface area contributed by atoms with Gasteiger partial charge < -0.3 is 15.7 Å². The highest BCUT2D eigenvalue weighted by molar-refractivity contribution is 6.36. The smallest absolute Gasteiger partial charge is 0.267 e. The van der Waals surface area contributed by atoms with Crippen molar-refractivity contribution in [3.63, 3.8) is 0 Å². The molecule has 0 bridgehead atoms. The fourth-order valence-corrected chi connectivity index (χ4v) is 1.89. The minimum atomic E-state index is -0.595. The number of halogens is 2. The summed E-state index contributed by atoms with van der Waals surface area (Å²) in [5.41, 5.74) is 0.245. The van der Waals surface area contributed by atoms with E-state index < -0.39 is 5.91 Å². The molecule has 0 saturated carbocycles. The van der Waals surface area contributed by atoms with Crippen molar-refractivity contribution in [2.24, 2.45) is 0 Å². The van der Waals surface area contributed by atoms with Gasteiger partial charge in [-0.15, -0.1) is 0 Å². The van der Waals surface area contributed by atoms with Gasteiger partial charge in [0.15, 0.2) is 0 Å². The Morgan fingerprint density at radius 3 is 2.76 bits per heavy atom. The van der Waals surface area contributed by atoms with Crippen LogP contribution >= 0.6 is 23.2 Å². The molecule has 0 aliphatic rings. The van der Waals surface area contributed by atoms with Crippen LogP contribution in [0.5, 0.6) is 0 Å². The van der Waals surface area contributed by atoms with E-state index in [2.05, 4.69) is 10.6 Å². The van der Waals surface area contributed by atoms with E-state index in [1.165, 1.54) is 12.3 Å². The summed E-state index contributed by atoms with van der Waals surface area (Å²) in [7, 11) is 0. The largest absolute Gasteiger partial charge is 0.394 e. The Balaban J connectivity index is 2.80. The molecule has 0 saturated heterocycles. The molecule has 1 unspecified atom stereocenters. The molecule has 1 aromatic rings. The lowest BCUT2D eigenvalue weighted by Crippen LogP contribution is -2.28. The molecule has 0 aromatic heterocycles. The van der Waals surface area contributed by atoms with Crippen molar-refractivity contribution in [2.75, 3.05) is 11.9 Å². The molecule has 21 heavy (non-hydrogen) atoms. The Hall–Kier alpha value is -1.74. The summed E-state index contributed by atoms with van der Waals surface area (Å²) in [4.78, 5) is 12.0. The molecule has 1 aromatic carbocycles. The molecule has 1 rings (SSSR count). The second kappa shape index (κ2) is 8.53. The summed E-state index contributed by atoms with van der Waals surface area (Å²) in [6.45, 7) is 1.79. The zero-order chi connectivity index (χ0) is 15.8. The highest BCUT2D eigenvalue weighted by Gasteiger charge is 2.12. The van der Waals surface area contributed by atoms with Crippen LogP contribution < -0.4 is 10.6 Å². The first-order valence-corrected chi connectivity index (χ1v) is 7.01. The number of hydrogen-bond acceptors (Lipinski definition) is 4. The van der Waals surface area contributed by atoms with E-state index in [0.717, 1.165) is 0 Å². The van der Waals surface area contributed by atoms with Crippen LogP contribution in [0.2, 0.25) is 10.0 Å². The molecule has 1 amide bonds. The van der Waals surface area contributed by atoms with Crippen LogP contribution in [-0.4, -0.2) is 23.7 Å². The standard InChI is InChI=1S/C14H15Cl2N3O2/c1-2-11(8-20)18-7-9(6-17)14(21)19-13-4-3-10(15)5-12(13)16/h3-5,7,11,18,20H,2,8H2,1H3,(H,19,21)/b9-7-. The maximum atomic E-state index is 12.0. The third kappa shape index (κ3) is 5.27. The Kier molecular flexibility index (Phi) is 7.03. The lowest BCUT2D eigenvalue weighted by Gasteiger charge is -2.12. The maximum Gasteiger partial charge on any atom is 0.267 e. The number of rotatable bonds is 6. The molecule has 0 spiro atoms. The molecule has 5 nitrogen and oxygen atoms in total. The number of anilines is 1. The van der Waals surface area contributed by atoms with Crippen molar-refractivity contribution in [3.8, 4) is 6.07 Å². The highest BCUT2D eigenvalue weighted by Crippen LogP contribution is 2.25. The zero-order valence-electron chi connectivity index (χ0n) is 11.4. The second-order valence-electron chi connectivity index (χ2n) is 4.20. The predicted molar refractivity (Wildman–Crippen MR) is 83.1 cm³/mol. The Labute approximate surface area is 133 Å². The lowest BCUT2D eigenvalue weighted by molar-refractivity contribution is -0.112. The number of carbonyl (C=O) groups excluding carboxylic acids is 1. The van der Waals surface area contributed by atoms with Crippen LogP contribution in [-0.2, 0) is 4.79 Å². The summed E-state index contributed by atoms with van der Waals surface area (Å²) in [6.07, 6.45) is 1.94. The van der Waals surface area contributed by atoms with Gasteiger partial charge in [-0.2, -0.15) is 5.26 Å². The van der Waals surface area contributed by atoms with E-state index in [-0.39, 0.29) is 23.2 Å². The Bertz CT molecular complexity index is 578. The first kappa shape index (κ1) is 17.3. The van der Waals surface area contributed by atoms with Gasteiger partial charge in [-0.1, -0.05) is 30.1 Å². The van der Waals surface area contributed by atoms with Crippen LogP contribution in [0.15, 0.2) is 30.0 Å². The van der Waals surface area contributed by atoms with E-state index in [4.69, 9.17) is 33.6 Å². The average Bonchev–Trinajstić information content (AvgIpc) is 2.46. The fourth-order valence-electron chi connectivity index (χ4n) is 1.43. The van der Waals surface area contributed by atoms with Crippen LogP contribution in [0.1, 0.15) is 13.3 Å². The SMILES string of the molecule is CCC(CO)N/C=C(/C#N)C(=O)Nc1ccc(Cl)cc1Cl. The molecule has 0 aliphatic heterocycles. The third-order valence-corrected chi connectivity index (χ3v) is 3.27. The predicted octanol–water partition coefficient (Wildman–Crippen LogP) is 2.70. The quantitative estimate of drug-likeness (QED) is 0.554. The van der Waals surface area contributed by atoms with E-state index in [1.807, 2.05) is 6.92 Å². The van der Waals surface area contributed by atoms with Crippen LogP contribution in [0, 0.1) is 11.3 Å². The van der Waals surface area contributed by atoms with E-state index in [9.17, 15) is 4.79 Å². The summed E-state index contributed by atoms with van der Waals surface area (Å²) >= 11 is 11.7. The number of aliphatic hydroxyl groups excluding tert-OH is 1. The van der Waals surface area contributed by atoms with E-state index in [1.54, 1.807) is 18.2 Å². The summed E-state index contributed by atoms with van der Waals surface area (Å²) < 4.78 is 0. The van der Waals surface area contributed by atoms with Crippen molar-refractivity contribution in [2.45, 2.75) is 19.4 Å². The highest BCUT2D eigenvalue weighted by atomic mass is 35.5. The van der Waals surface area contributed by atoms with Gasteiger partial charge in [-0.3, -0.25) is 4.79 Å². The van der Waals surface area contributed by atoms with Crippen molar-refractivity contribution in [3.05, 3.63) is 40.0 Å². The molecule has 1 atom stereocenters. The van der Waals surface area contributed by atoms with Crippen LogP contribution in [0.3, 0.4) is 0 Å². The number of nitrogens with zero attached hydrogens (tertiary/aromatic N) is 1. The van der Waals surface area contributed by atoms with Gasteiger partial charge in [0.05, 0.1) is 17.3 Å². The monoisotopic (exact) mass is 327 g/mol. The topological polar surface area (TPSA) is 85.2 Å². The number of nitriles is 1. The number of aliphatic hydroxyl groups is 1.